The molecular formula is C32H33N3. The minimum Gasteiger partial charge on any atom is -0.399 e. The highest BCUT2D eigenvalue weighted by molar-refractivity contribution is 5.87. The second-order valence-electron chi connectivity index (χ2n) is 9.04. The van der Waals surface area contributed by atoms with E-state index in [9.17, 15) is 0 Å². The van der Waals surface area contributed by atoms with E-state index in [4.69, 9.17) is 10.7 Å². The third-order valence-electron chi connectivity index (χ3n) is 5.98. The summed E-state index contributed by atoms with van der Waals surface area (Å²) in [4.78, 5) is 5.32. The minimum atomic E-state index is 0. The van der Waals surface area contributed by atoms with Gasteiger partial charge in [-0.25, -0.2) is 4.98 Å². The summed E-state index contributed by atoms with van der Waals surface area (Å²) in [6.45, 7) is 5.37. The first kappa shape index (κ1) is 24.0. The molecule has 2 N–H and O–H groups in total. The number of benzene rings is 4. The molecule has 3 nitrogen and oxygen atoms in total. The molecule has 0 unspecified atom stereocenters. The number of rotatable bonds is 6. The summed E-state index contributed by atoms with van der Waals surface area (Å²) < 4.78 is 2.40. The Bertz CT molecular complexity index is 1400. The normalized spacial score (nSPS) is 10.8. The predicted octanol–water partition coefficient (Wildman–Crippen LogP) is 8.43. The molecule has 0 spiro atoms. The quantitative estimate of drug-likeness (QED) is 0.259. The van der Waals surface area contributed by atoms with E-state index >= 15 is 0 Å². The van der Waals surface area contributed by atoms with Crippen molar-refractivity contribution in [3.05, 3.63) is 109 Å². The summed E-state index contributed by atoms with van der Waals surface area (Å²) in [6.07, 6.45) is 0. The van der Waals surface area contributed by atoms with Crippen molar-refractivity contribution in [2.45, 2.75) is 27.8 Å². The monoisotopic (exact) mass is 459 g/mol. The first-order chi connectivity index (χ1) is 16.6. The molecule has 5 rings (SSSR count). The molecule has 1 heterocycles. The van der Waals surface area contributed by atoms with Gasteiger partial charge in [0, 0.05) is 28.9 Å². The third-order valence-corrected chi connectivity index (χ3v) is 5.98. The molecule has 0 bridgehead atoms. The van der Waals surface area contributed by atoms with Crippen LogP contribution in [0.25, 0.3) is 45.0 Å². The van der Waals surface area contributed by atoms with Crippen LogP contribution in [0.3, 0.4) is 0 Å². The van der Waals surface area contributed by atoms with Crippen LogP contribution in [0, 0.1) is 5.92 Å². The smallest absolute Gasteiger partial charge is 0.141 e. The fourth-order valence-electron chi connectivity index (χ4n) is 4.52. The zero-order chi connectivity index (χ0) is 23.5. The van der Waals surface area contributed by atoms with Gasteiger partial charge in [-0.1, -0.05) is 118 Å². The van der Waals surface area contributed by atoms with E-state index in [1.54, 1.807) is 0 Å². The van der Waals surface area contributed by atoms with Crippen LogP contribution in [0.15, 0.2) is 109 Å². The lowest BCUT2D eigenvalue weighted by atomic mass is 9.98. The number of nitrogens with two attached hydrogens (primary N) is 1. The van der Waals surface area contributed by atoms with Crippen molar-refractivity contribution in [2.75, 3.05) is 5.73 Å². The molecule has 0 saturated carbocycles. The zero-order valence-electron chi connectivity index (χ0n) is 19.6. The summed E-state index contributed by atoms with van der Waals surface area (Å²) >= 11 is 0. The van der Waals surface area contributed by atoms with E-state index in [0.29, 0.717) is 5.92 Å². The number of hydrogen-bond donors (Lipinski definition) is 1. The Morgan fingerprint density at radius 3 is 1.89 bits per heavy atom. The molecule has 0 aliphatic carbocycles. The van der Waals surface area contributed by atoms with Crippen molar-refractivity contribution >= 4 is 5.69 Å². The van der Waals surface area contributed by atoms with Crippen molar-refractivity contribution in [3.8, 4) is 45.0 Å². The van der Waals surface area contributed by atoms with Gasteiger partial charge in [0.1, 0.15) is 5.82 Å². The van der Waals surface area contributed by atoms with Crippen molar-refractivity contribution in [3.63, 3.8) is 0 Å². The lowest BCUT2D eigenvalue weighted by molar-refractivity contribution is 0.530. The lowest BCUT2D eigenvalue weighted by Crippen LogP contribution is -2.08. The van der Waals surface area contributed by atoms with Crippen LogP contribution in [-0.4, -0.2) is 9.55 Å². The van der Waals surface area contributed by atoms with Crippen molar-refractivity contribution in [1.82, 2.24) is 9.55 Å². The predicted molar refractivity (Wildman–Crippen MR) is 150 cm³/mol. The van der Waals surface area contributed by atoms with E-state index in [2.05, 4.69) is 103 Å². The number of aromatic nitrogens is 2. The van der Waals surface area contributed by atoms with Crippen LogP contribution in [0.2, 0.25) is 0 Å². The first-order valence-corrected chi connectivity index (χ1v) is 11.8. The number of nitrogens with zero attached hydrogens (tertiary/aromatic N) is 2. The molecule has 35 heavy (non-hydrogen) atoms. The van der Waals surface area contributed by atoms with E-state index < -0.39 is 0 Å². The van der Waals surface area contributed by atoms with Gasteiger partial charge in [-0.2, -0.15) is 0 Å². The Kier molecular flexibility index (Phi) is 7.17. The highest BCUT2D eigenvalue weighted by atomic mass is 15.1. The van der Waals surface area contributed by atoms with Gasteiger partial charge in [-0.15, -0.1) is 0 Å². The number of anilines is 1. The highest BCUT2D eigenvalue weighted by Crippen LogP contribution is 2.40. The SMILES string of the molecule is C.CC(C)Cn1c(-c2ccccc2-c2cccc(N)c2)nc(-c2ccccc2)c1-c1ccccc1. The van der Waals surface area contributed by atoms with Crippen LogP contribution in [0.4, 0.5) is 5.69 Å². The van der Waals surface area contributed by atoms with E-state index in [1.165, 1.54) is 5.56 Å². The van der Waals surface area contributed by atoms with Crippen LogP contribution in [0.1, 0.15) is 21.3 Å². The van der Waals surface area contributed by atoms with Crippen LogP contribution in [0.5, 0.6) is 0 Å². The van der Waals surface area contributed by atoms with Gasteiger partial charge in [0.2, 0.25) is 0 Å². The molecule has 0 fully saturated rings. The lowest BCUT2D eigenvalue weighted by Gasteiger charge is -2.17. The maximum atomic E-state index is 6.14. The molecule has 0 atom stereocenters. The Morgan fingerprint density at radius 2 is 1.26 bits per heavy atom. The molecule has 1 aromatic heterocycles. The Labute approximate surface area is 208 Å². The summed E-state index contributed by atoms with van der Waals surface area (Å²) in [7, 11) is 0. The van der Waals surface area contributed by atoms with Gasteiger partial charge in [0.25, 0.3) is 0 Å². The molecular weight excluding hydrogens is 426 g/mol. The zero-order valence-corrected chi connectivity index (χ0v) is 19.6. The van der Waals surface area contributed by atoms with Gasteiger partial charge < -0.3 is 10.3 Å². The van der Waals surface area contributed by atoms with Crippen molar-refractivity contribution in [2.24, 2.45) is 5.92 Å². The second kappa shape index (κ2) is 10.4. The topological polar surface area (TPSA) is 43.8 Å². The Morgan fingerprint density at radius 1 is 0.686 bits per heavy atom. The first-order valence-electron chi connectivity index (χ1n) is 11.8. The molecule has 5 aromatic rings. The number of nitrogen functional groups attached to an aromatic ring is 1. The van der Waals surface area contributed by atoms with E-state index in [1.807, 2.05) is 24.3 Å². The number of hydrogen-bond acceptors (Lipinski definition) is 2. The molecule has 4 aromatic carbocycles. The minimum absolute atomic E-state index is 0. The van der Waals surface area contributed by atoms with Gasteiger partial charge >= 0.3 is 0 Å². The fraction of sp³-hybridized carbons (Fsp3) is 0.156. The van der Waals surface area contributed by atoms with Crippen LogP contribution >= 0.6 is 0 Å². The molecule has 0 amide bonds. The summed E-state index contributed by atoms with van der Waals surface area (Å²) in [5.41, 5.74) is 14.7. The van der Waals surface area contributed by atoms with Gasteiger partial charge in [-0.05, 0) is 29.2 Å². The summed E-state index contributed by atoms with van der Waals surface area (Å²) in [6, 6.07) is 37.6. The number of imidazole rings is 1. The van der Waals surface area contributed by atoms with Gasteiger partial charge in [-0.3, -0.25) is 0 Å². The van der Waals surface area contributed by atoms with Gasteiger partial charge in [0.15, 0.2) is 0 Å². The molecule has 0 aliphatic rings. The Hall–Kier alpha value is -4.11. The molecule has 0 saturated heterocycles. The van der Waals surface area contributed by atoms with Crippen molar-refractivity contribution < 1.29 is 0 Å². The summed E-state index contributed by atoms with van der Waals surface area (Å²) in [5.74, 6) is 1.43. The van der Waals surface area contributed by atoms with Crippen LogP contribution < -0.4 is 5.73 Å². The van der Waals surface area contributed by atoms with Crippen LogP contribution in [-0.2, 0) is 6.54 Å². The van der Waals surface area contributed by atoms with Gasteiger partial charge in [0.05, 0.1) is 11.4 Å². The highest BCUT2D eigenvalue weighted by Gasteiger charge is 2.23. The standard InChI is InChI=1S/C31H29N3.CH4/c1-22(2)21-34-30(24-14-7-4-8-15-24)29(23-12-5-3-6-13-23)33-31(34)28-19-10-9-18-27(28)25-16-11-17-26(32)20-25;/h3-20,22H,21,32H2,1-2H3;1H4. The molecule has 3 heteroatoms. The second-order valence-corrected chi connectivity index (χ2v) is 9.04. The molecule has 176 valence electrons. The average Bonchev–Trinajstić information content (AvgIpc) is 3.23. The van der Waals surface area contributed by atoms with E-state index in [0.717, 1.165) is 51.7 Å². The summed E-state index contributed by atoms with van der Waals surface area (Å²) in [5, 5.41) is 0. The maximum absolute atomic E-state index is 6.14. The average molecular weight is 460 g/mol. The third kappa shape index (κ3) is 4.90. The largest absolute Gasteiger partial charge is 0.399 e. The fourth-order valence-corrected chi connectivity index (χ4v) is 4.52. The van der Waals surface area contributed by atoms with E-state index in [-0.39, 0.29) is 7.43 Å². The molecule has 0 radical (unpaired) electrons. The van der Waals surface area contributed by atoms with Crippen molar-refractivity contribution in [1.29, 1.82) is 0 Å². The molecule has 0 aliphatic heterocycles. The maximum Gasteiger partial charge on any atom is 0.141 e. The Balaban J connectivity index is 0.00000289.